The number of carbonyl (C=O) groups is 2. The lowest BCUT2D eigenvalue weighted by Gasteiger charge is -2.34. The zero-order valence-corrected chi connectivity index (χ0v) is 26.9. The zero-order valence-electron chi connectivity index (χ0n) is 25.3. The molecule has 43 heavy (non-hydrogen) atoms. The van der Waals surface area contributed by atoms with Gasteiger partial charge in [0.2, 0.25) is 21.8 Å². The van der Waals surface area contributed by atoms with Gasteiger partial charge < -0.3 is 19.7 Å². The number of thiophene rings is 1. The van der Waals surface area contributed by atoms with Crippen molar-refractivity contribution in [3.8, 4) is 11.5 Å². The summed E-state index contributed by atoms with van der Waals surface area (Å²) in [5, 5.41) is 2.67. The molecule has 0 atom stereocenters. The van der Waals surface area contributed by atoms with Crippen LogP contribution in [-0.4, -0.2) is 62.8 Å². The molecule has 11 heteroatoms. The fourth-order valence-electron chi connectivity index (χ4n) is 5.41. The Bertz CT molecular complexity index is 1500. The van der Waals surface area contributed by atoms with E-state index >= 15 is 0 Å². The van der Waals surface area contributed by atoms with Crippen LogP contribution in [0.5, 0.6) is 11.5 Å². The van der Waals surface area contributed by atoms with Gasteiger partial charge in [-0.25, -0.2) is 8.42 Å². The molecular weight excluding hydrogens is 587 g/mol. The lowest BCUT2D eigenvalue weighted by Crippen LogP contribution is -2.48. The van der Waals surface area contributed by atoms with E-state index in [1.807, 2.05) is 37.3 Å². The molecule has 0 spiro atoms. The quantitative estimate of drug-likeness (QED) is 0.264. The number of nitrogens with zero attached hydrogens (tertiary/aromatic N) is 2. The molecule has 1 N–H and O–H groups in total. The van der Waals surface area contributed by atoms with Crippen LogP contribution in [0.4, 0.5) is 5.69 Å². The molecule has 1 aliphatic rings. The summed E-state index contributed by atoms with van der Waals surface area (Å²) in [6.45, 7) is 3.99. The summed E-state index contributed by atoms with van der Waals surface area (Å²) in [6, 6.07) is 15.6. The standard InChI is InChI=1S/C32H41N3O6S2/c1-23-10-14-28(42-23)21-34(19-18-25-11-17-30(40-3)31(20-25)41-4)32(37)22-35(27-8-6-5-7-9-27)43(38,39)29-15-12-26(13-16-29)33-24(2)36/h10-17,20,27H,5-9,18-19,21-22H2,1-4H3,(H,33,36). The third kappa shape index (κ3) is 8.58. The van der Waals surface area contributed by atoms with E-state index in [0.717, 1.165) is 34.6 Å². The third-order valence-electron chi connectivity index (χ3n) is 7.67. The number of anilines is 1. The molecule has 232 valence electrons. The largest absolute Gasteiger partial charge is 0.493 e. The van der Waals surface area contributed by atoms with E-state index in [2.05, 4.69) is 5.32 Å². The first-order valence-electron chi connectivity index (χ1n) is 14.5. The van der Waals surface area contributed by atoms with Crippen molar-refractivity contribution < 1.29 is 27.5 Å². The number of ether oxygens (including phenoxy) is 2. The number of hydrogen-bond acceptors (Lipinski definition) is 7. The number of aryl methyl sites for hydroxylation is 1. The van der Waals surface area contributed by atoms with E-state index in [1.165, 1.54) is 23.4 Å². The number of hydrogen-bond donors (Lipinski definition) is 1. The van der Waals surface area contributed by atoms with E-state index in [-0.39, 0.29) is 29.3 Å². The van der Waals surface area contributed by atoms with Crippen LogP contribution in [0.3, 0.4) is 0 Å². The summed E-state index contributed by atoms with van der Waals surface area (Å²) >= 11 is 1.63. The molecule has 1 fully saturated rings. The Hall–Kier alpha value is -3.41. The first kappa shape index (κ1) is 32.5. The zero-order chi connectivity index (χ0) is 31.0. The third-order valence-corrected chi connectivity index (χ3v) is 10.6. The average molecular weight is 628 g/mol. The maximum atomic E-state index is 14.0. The van der Waals surface area contributed by atoms with Crippen molar-refractivity contribution in [3.05, 3.63) is 69.9 Å². The summed E-state index contributed by atoms with van der Waals surface area (Å²) in [6.07, 6.45) is 4.89. The van der Waals surface area contributed by atoms with Gasteiger partial charge in [-0.05, 0) is 80.3 Å². The summed E-state index contributed by atoms with van der Waals surface area (Å²) in [4.78, 5) is 29.5. The number of sulfonamides is 1. The van der Waals surface area contributed by atoms with E-state index in [1.54, 1.807) is 42.6 Å². The predicted molar refractivity (Wildman–Crippen MR) is 169 cm³/mol. The van der Waals surface area contributed by atoms with Crippen LogP contribution in [-0.2, 0) is 32.6 Å². The van der Waals surface area contributed by atoms with Crippen molar-refractivity contribution in [1.29, 1.82) is 0 Å². The van der Waals surface area contributed by atoms with Crippen LogP contribution in [0.2, 0.25) is 0 Å². The second kappa shape index (κ2) is 14.9. The Kier molecular flexibility index (Phi) is 11.2. The molecule has 2 amide bonds. The fraction of sp³-hybridized carbons (Fsp3) is 0.438. The molecule has 2 aromatic carbocycles. The van der Waals surface area contributed by atoms with Crippen LogP contribution in [0.1, 0.15) is 54.3 Å². The highest BCUT2D eigenvalue weighted by Crippen LogP contribution is 2.30. The van der Waals surface area contributed by atoms with E-state index in [0.29, 0.717) is 49.5 Å². The maximum absolute atomic E-state index is 14.0. The predicted octanol–water partition coefficient (Wildman–Crippen LogP) is 5.63. The molecule has 0 unspecified atom stereocenters. The van der Waals surface area contributed by atoms with Crippen molar-refractivity contribution >= 4 is 38.9 Å². The van der Waals surface area contributed by atoms with Crippen molar-refractivity contribution in [2.24, 2.45) is 0 Å². The van der Waals surface area contributed by atoms with Gasteiger partial charge in [0.05, 0.1) is 32.2 Å². The highest BCUT2D eigenvalue weighted by atomic mass is 32.2. The molecule has 9 nitrogen and oxygen atoms in total. The number of carbonyl (C=O) groups excluding carboxylic acids is 2. The van der Waals surface area contributed by atoms with Gasteiger partial charge in [-0.15, -0.1) is 11.3 Å². The van der Waals surface area contributed by atoms with Gasteiger partial charge in [-0.1, -0.05) is 25.3 Å². The summed E-state index contributed by atoms with van der Waals surface area (Å²) in [7, 11) is -0.806. The Balaban J connectivity index is 1.60. The van der Waals surface area contributed by atoms with Crippen LogP contribution >= 0.6 is 11.3 Å². The average Bonchev–Trinajstić information content (AvgIpc) is 3.42. The van der Waals surface area contributed by atoms with Gasteiger partial charge in [0, 0.05) is 35.0 Å². The van der Waals surface area contributed by atoms with E-state index in [4.69, 9.17) is 9.47 Å². The second-order valence-electron chi connectivity index (χ2n) is 10.8. The van der Waals surface area contributed by atoms with Crippen LogP contribution in [0.15, 0.2) is 59.5 Å². The summed E-state index contributed by atoms with van der Waals surface area (Å²) in [5.41, 5.74) is 1.49. The van der Waals surface area contributed by atoms with Crippen LogP contribution in [0, 0.1) is 6.92 Å². The lowest BCUT2D eigenvalue weighted by atomic mass is 9.95. The summed E-state index contributed by atoms with van der Waals surface area (Å²) < 4.78 is 40.3. The molecule has 1 aromatic heterocycles. The second-order valence-corrected chi connectivity index (χ2v) is 14.1. The Morgan fingerprint density at radius 2 is 1.65 bits per heavy atom. The van der Waals surface area contributed by atoms with Crippen molar-refractivity contribution in [1.82, 2.24) is 9.21 Å². The van der Waals surface area contributed by atoms with Gasteiger partial charge >= 0.3 is 0 Å². The van der Waals surface area contributed by atoms with Crippen LogP contribution < -0.4 is 14.8 Å². The molecule has 1 aliphatic carbocycles. The molecule has 0 saturated heterocycles. The first-order valence-corrected chi connectivity index (χ1v) is 16.8. The van der Waals surface area contributed by atoms with Gasteiger partial charge in [0.25, 0.3) is 0 Å². The molecule has 1 heterocycles. The number of benzene rings is 2. The minimum absolute atomic E-state index is 0.103. The molecule has 0 aliphatic heterocycles. The number of methoxy groups -OCH3 is 2. The highest BCUT2D eigenvalue weighted by Gasteiger charge is 2.35. The van der Waals surface area contributed by atoms with Crippen molar-refractivity contribution in [2.75, 3.05) is 32.6 Å². The van der Waals surface area contributed by atoms with Gasteiger partial charge in [0.1, 0.15) is 0 Å². The molecule has 0 bridgehead atoms. The summed E-state index contributed by atoms with van der Waals surface area (Å²) in [5.74, 6) is 0.771. The Morgan fingerprint density at radius 3 is 2.26 bits per heavy atom. The van der Waals surface area contributed by atoms with Crippen molar-refractivity contribution in [3.63, 3.8) is 0 Å². The fourth-order valence-corrected chi connectivity index (χ4v) is 7.95. The molecule has 0 radical (unpaired) electrons. The van der Waals surface area contributed by atoms with Gasteiger partial charge in [0.15, 0.2) is 11.5 Å². The first-order chi connectivity index (χ1) is 20.6. The Labute approximate surface area is 258 Å². The molecular formula is C32H41N3O6S2. The number of rotatable bonds is 13. The van der Waals surface area contributed by atoms with Gasteiger partial charge in [-0.2, -0.15) is 4.31 Å². The van der Waals surface area contributed by atoms with Crippen molar-refractivity contribution in [2.45, 2.75) is 69.9 Å². The van der Waals surface area contributed by atoms with Gasteiger partial charge in [-0.3, -0.25) is 9.59 Å². The van der Waals surface area contributed by atoms with Crippen LogP contribution in [0.25, 0.3) is 0 Å². The molecule has 4 rings (SSSR count). The van der Waals surface area contributed by atoms with E-state index < -0.39 is 10.0 Å². The maximum Gasteiger partial charge on any atom is 0.243 e. The molecule has 1 saturated carbocycles. The lowest BCUT2D eigenvalue weighted by molar-refractivity contribution is -0.132. The van der Waals surface area contributed by atoms with E-state index in [9.17, 15) is 18.0 Å². The minimum atomic E-state index is -3.98. The normalized spacial score (nSPS) is 14.0. The number of nitrogens with one attached hydrogen (secondary N) is 1. The smallest absolute Gasteiger partial charge is 0.243 e. The minimum Gasteiger partial charge on any atom is -0.493 e. The molecule has 3 aromatic rings. The highest BCUT2D eigenvalue weighted by molar-refractivity contribution is 7.89. The topological polar surface area (TPSA) is 105 Å². The monoisotopic (exact) mass is 627 g/mol. The Morgan fingerprint density at radius 1 is 0.953 bits per heavy atom. The SMILES string of the molecule is COc1ccc(CCN(Cc2ccc(C)s2)C(=O)CN(C2CCCCC2)S(=O)(=O)c2ccc(NC(C)=O)cc2)cc1OC. The number of amides is 2.